The molecular formula is C18H18OS. The minimum absolute atomic E-state index is 0.940. The minimum Gasteiger partial charge on any atom is -0.381 e. The van der Waals surface area contributed by atoms with Crippen LogP contribution in [-0.4, -0.2) is 5.11 Å². The third-order valence-electron chi connectivity index (χ3n) is 3.93. The first kappa shape index (κ1) is 13.3. The summed E-state index contributed by atoms with van der Waals surface area (Å²) in [4.78, 5) is 0. The van der Waals surface area contributed by atoms with E-state index in [-0.39, 0.29) is 0 Å². The second kappa shape index (κ2) is 5.04. The summed E-state index contributed by atoms with van der Waals surface area (Å²) in [5.41, 5.74) is 2.25. The summed E-state index contributed by atoms with van der Waals surface area (Å²) in [6.45, 7) is 4.02. The number of benzene rings is 2. The van der Waals surface area contributed by atoms with Crippen LogP contribution in [0.4, 0.5) is 0 Å². The molecule has 0 aliphatic rings. The molecule has 0 spiro atoms. The fourth-order valence-electron chi connectivity index (χ4n) is 2.60. The zero-order valence-corrected chi connectivity index (χ0v) is 12.6. The third-order valence-corrected chi connectivity index (χ3v) is 4.89. The number of thiophene rings is 1. The monoisotopic (exact) mass is 282 g/mol. The largest absolute Gasteiger partial charge is 0.381 e. The van der Waals surface area contributed by atoms with Crippen molar-refractivity contribution < 1.29 is 5.11 Å². The topological polar surface area (TPSA) is 20.2 Å². The van der Waals surface area contributed by atoms with E-state index in [2.05, 4.69) is 36.6 Å². The SMILES string of the molecule is CCc1ccc(C(C)(O)c2cccc3ccsc23)cc1. The molecule has 102 valence electrons. The van der Waals surface area contributed by atoms with E-state index in [0.717, 1.165) is 22.2 Å². The molecule has 3 aromatic rings. The predicted octanol–water partition coefficient (Wildman–Crippen LogP) is 4.72. The first-order valence-corrected chi connectivity index (χ1v) is 7.79. The molecule has 1 unspecified atom stereocenters. The molecule has 0 amide bonds. The van der Waals surface area contributed by atoms with Gasteiger partial charge in [-0.15, -0.1) is 11.3 Å². The van der Waals surface area contributed by atoms with Crippen molar-refractivity contribution >= 4 is 21.4 Å². The Morgan fingerprint density at radius 3 is 2.50 bits per heavy atom. The van der Waals surface area contributed by atoms with Crippen LogP contribution in [0.5, 0.6) is 0 Å². The molecule has 0 bridgehead atoms. The second-order valence-electron chi connectivity index (χ2n) is 5.27. The molecular weight excluding hydrogens is 264 g/mol. The van der Waals surface area contributed by atoms with Gasteiger partial charge in [-0.3, -0.25) is 0 Å². The van der Waals surface area contributed by atoms with Gasteiger partial charge in [0.1, 0.15) is 5.60 Å². The standard InChI is InChI=1S/C18H18OS/c1-3-13-7-9-15(10-8-13)18(2,19)16-6-4-5-14-11-12-20-17(14)16/h4-12,19H,3H2,1-2H3. The first-order valence-electron chi connectivity index (χ1n) is 6.91. The lowest BCUT2D eigenvalue weighted by molar-refractivity contribution is 0.104. The Balaban J connectivity index is 2.12. The highest BCUT2D eigenvalue weighted by molar-refractivity contribution is 7.17. The van der Waals surface area contributed by atoms with Gasteiger partial charge < -0.3 is 5.11 Å². The number of hydrogen-bond donors (Lipinski definition) is 1. The van der Waals surface area contributed by atoms with E-state index in [0.29, 0.717) is 0 Å². The molecule has 0 saturated carbocycles. The van der Waals surface area contributed by atoms with E-state index in [1.807, 2.05) is 31.2 Å². The number of aliphatic hydroxyl groups is 1. The molecule has 20 heavy (non-hydrogen) atoms. The molecule has 0 fully saturated rings. The summed E-state index contributed by atoms with van der Waals surface area (Å²) in [7, 11) is 0. The van der Waals surface area contributed by atoms with Gasteiger partial charge in [0.05, 0.1) is 0 Å². The van der Waals surface area contributed by atoms with Crippen molar-refractivity contribution in [1.29, 1.82) is 0 Å². The molecule has 2 heteroatoms. The molecule has 1 aromatic heterocycles. The van der Waals surface area contributed by atoms with E-state index in [1.165, 1.54) is 10.9 Å². The van der Waals surface area contributed by atoms with Gasteiger partial charge in [-0.05, 0) is 41.3 Å². The Bertz CT molecular complexity index is 723. The van der Waals surface area contributed by atoms with Crippen LogP contribution in [0.1, 0.15) is 30.5 Å². The molecule has 2 aromatic carbocycles. The smallest absolute Gasteiger partial charge is 0.113 e. The molecule has 1 heterocycles. The van der Waals surface area contributed by atoms with Crippen LogP contribution in [0.2, 0.25) is 0 Å². The van der Waals surface area contributed by atoms with E-state index < -0.39 is 5.60 Å². The Labute approximate surface area is 123 Å². The van der Waals surface area contributed by atoms with Crippen LogP contribution in [0.15, 0.2) is 53.9 Å². The molecule has 3 rings (SSSR count). The van der Waals surface area contributed by atoms with Gasteiger partial charge in [-0.2, -0.15) is 0 Å². The molecule has 0 aliphatic carbocycles. The highest BCUT2D eigenvalue weighted by atomic mass is 32.1. The predicted molar refractivity (Wildman–Crippen MR) is 86.3 cm³/mol. The van der Waals surface area contributed by atoms with Crippen LogP contribution in [0, 0.1) is 0 Å². The summed E-state index contributed by atoms with van der Waals surface area (Å²) in [5, 5.41) is 14.3. The van der Waals surface area contributed by atoms with Crippen molar-refractivity contribution in [3.8, 4) is 0 Å². The van der Waals surface area contributed by atoms with Crippen LogP contribution in [0.25, 0.3) is 10.1 Å². The van der Waals surface area contributed by atoms with Gasteiger partial charge in [0, 0.05) is 10.3 Å². The van der Waals surface area contributed by atoms with Crippen LogP contribution >= 0.6 is 11.3 Å². The van der Waals surface area contributed by atoms with Crippen molar-refractivity contribution in [3.63, 3.8) is 0 Å². The van der Waals surface area contributed by atoms with Crippen molar-refractivity contribution in [2.75, 3.05) is 0 Å². The number of hydrogen-bond acceptors (Lipinski definition) is 2. The van der Waals surface area contributed by atoms with Gasteiger partial charge in [-0.1, -0.05) is 49.4 Å². The molecule has 1 atom stereocenters. The van der Waals surface area contributed by atoms with Crippen LogP contribution < -0.4 is 0 Å². The van der Waals surface area contributed by atoms with Crippen molar-refractivity contribution in [3.05, 3.63) is 70.6 Å². The average Bonchev–Trinajstić information content (AvgIpc) is 2.95. The number of fused-ring (bicyclic) bond motifs is 1. The maximum absolute atomic E-state index is 11.0. The van der Waals surface area contributed by atoms with Gasteiger partial charge in [0.15, 0.2) is 0 Å². The highest BCUT2D eigenvalue weighted by Crippen LogP contribution is 2.36. The summed E-state index contributed by atoms with van der Waals surface area (Å²) in [5.74, 6) is 0. The maximum atomic E-state index is 11.0. The molecule has 1 N–H and O–H groups in total. The van der Waals surface area contributed by atoms with E-state index in [4.69, 9.17) is 0 Å². The quantitative estimate of drug-likeness (QED) is 0.737. The number of aryl methyl sites for hydroxylation is 1. The summed E-state index contributed by atoms with van der Waals surface area (Å²) in [6.07, 6.45) is 1.02. The molecule has 1 nitrogen and oxygen atoms in total. The van der Waals surface area contributed by atoms with Gasteiger partial charge >= 0.3 is 0 Å². The average molecular weight is 282 g/mol. The van der Waals surface area contributed by atoms with Crippen molar-refractivity contribution in [1.82, 2.24) is 0 Å². The van der Waals surface area contributed by atoms with Gasteiger partial charge in [-0.25, -0.2) is 0 Å². The zero-order chi connectivity index (χ0) is 14.2. The Kier molecular flexibility index (Phi) is 3.36. The lowest BCUT2D eigenvalue weighted by atomic mass is 9.87. The van der Waals surface area contributed by atoms with E-state index in [9.17, 15) is 5.11 Å². The normalized spacial score (nSPS) is 14.3. The minimum atomic E-state index is -0.962. The summed E-state index contributed by atoms with van der Waals surface area (Å²) >= 11 is 1.68. The van der Waals surface area contributed by atoms with Gasteiger partial charge in [0.25, 0.3) is 0 Å². The lowest BCUT2D eigenvalue weighted by Crippen LogP contribution is -2.22. The second-order valence-corrected chi connectivity index (χ2v) is 6.18. The van der Waals surface area contributed by atoms with Crippen molar-refractivity contribution in [2.45, 2.75) is 25.9 Å². The van der Waals surface area contributed by atoms with Crippen molar-refractivity contribution in [2.24, 2.45) is 0 Å². The Hall–Kier alpha value is -1.64. The lowest BCUT2D eigenvalue weighted by Gasteiger charge is -2.25. The molecule has 0 aliphatic heterocycles. The maximum Gasteiger partial charge on any atom is 0.113 e. The highest BCUT2D eigenvalue weighted by Gasteiger charge is 2.27. The third kappa shape index (κ3) is 2.15. The van der Waals surface area contributed by atoms with Gasteiger partial charge in [0.2, 0.25) is 0 Å². The summed E-state index contributed by atoms with van der Waals surface area (Å²) in [6, 6.07) is 16.5. The fourth-order valence-corrected chi connectivity index (χ4v) is 3.61. The fraction of sp³-hybridized carbons (Fsp3) is 0.222. The zero-order valence-electron chi connectivity index (χ0n) is 11.8. The van der Waals surface area contributed by atoms with Crippen LogP contribution in [0.3, 0.4) is 0 Å². The molecule has 0 radical (unpaired) electrons. The van der Waals surface area contributed by atoms with E-state index >= 15 is 0 Å². The molecule has 0 saturated heterocycles. The Morgan fingerprint density at radius 1 is 1.05 bits per heavy atom. The Morgan fingerprint density at radius 2 is 1.80 bits per heavy atom. The van der Waals surface area contributed by atoms with Crippen LogP contribution in [-0.2, 0) is 12.0 Å². The summed E-state index contributed by atoms with van der Waals surface area (Å²) < 4.78 is 1.16. The van der Waals surface area contributed by atoms with E-state index in [1.54, 1.807) is 11.3 Å². The first-order chi connectivity index (χ1) is 9.63. The number of rotatable bonds is 3.